The second kappa shape index (κ2) is 6.71. The topological polar surface area (TPSA) is 72.2 Å². The maximum absolute atomic E-state index is 12.3. The maximum Gasteiger partial charge on any atom is 0.242 e. The van der Waals surface area contributed by atoms with E-state index in [0.717, 1.165) is 0 Å². The Morgan fingerprint density at radius 3 is 2.47 bits per heavy atom. The van der Waals surface area contributed by atoms with E-state index in [1.54, 1.807) is 24.3 Å². The Morgan fingerprint density at radius 1 is 1.26 bits per heavy atom. The molecule has 1 aromatic carbocycles. The monoisotopic (exact) mass is 280 g/mol. The third kappa shape index (κ3) is 4.35. The van der Waals surface area contributed by atoms with E-state index in [4.69, 9.17) is 5.73 Å². The Labute approximate surface area is 115 Å². The van der Waals surface area contributed by atoms with Crippen molar-refractivity contribution in [3.8, 4) is 11.8 Å². The molecule has 0 spiro atoms. The van der Waals surface area contributed by atoms with Gasteiger partial charge in [-0.2, -0.15) is 0 Å². The van der Waals surface area contributed by atoms with Crippen LogP contribution in [0, 0.1) is 17.8 Å². The summed E-state index contributed by atoms with van der Waals surface area (Å²) < 4.78 is 27.3. The number of hydrogen-bond acceptors (Lipinski definition) is 3. The van der Waals surface area contributed by atoms with Crippen molar-refractivity contribution >= 4 is 10.0 Å². The van der Waals surface area contributed by atoms with Gasteiger partial charge in [-0.3, -0.25) is 0 Å². The highest BCUT2D eigenvalue weighted by molar-refractivity contribution is 7.89. The van der Waals surface area contributed by atoms with Gasteiger partial charge in [0.2, 0.25) is 10.0 Å². The average Bonchev–Trinajstić information content (AvgIpc) is 2.36. The van der Waals surface area contributed by atoms with Crippen LogP contribution in [0.25, 0.3) is 0 Å². The van der Waals surface area contributed by atoms with Crippen LogP contribution in [0.3, 0.4) is 0 Å². The van der Waals surface area contributed by atoms with Gasteiger partial charge in [-0.1, -0.05) is 37.8 Å². The van der Waals surface area contributed by atoms with Crippen molar-refractivity contribution in [2.45, 2.75) is 31.7 Å². The molecule has 0 fully saturated rings. The molecular formula is C14H20N2O2S. The van der Waals surface area contributed by atoms with Gasteiger partial charge in [0, 0.05) is 11.6 Å². The standard InChI is InChI=1S/C14H20N2O2S/c1-11(2)12(3)16-19(17,18)14-9-5-4-7-13(14)8-6-10-15/h4-5,7,9,11-12,16H,10,15H2,1-3H3. The van der Waals surface area contributed by atoms with Gasteiger partial charge in [-0.05, 0) is 25.0 Å². The van der Waals surface area contributed by atoms with E-state index in [1.807, 2.05) is 20.8 Å². The molecule has 0 radical (unpaired) electrons. The minimum Gasteiger partial charge on any atom is -0.320 e. The molecule has 19 heavy (non-hydrogen) atoms. The molecule has 4 nitrogen and oxygen atoms in total. The lowest BCUT2D eigenvalue weighted by Gasteiger charge is -2.18. The highest BCUT2D eigenvalue weighted by atomic mass is 32.2. The summed E-state index contributed by atoms with van der Waals surface area (Å²) >= 11 is 0. The lowest BCUT2D eigenvalue weighted by molar-refractivity contribution is 0.476. The molecule has 0 bridgehead atoms. The third-order valence-corrected chi connectivity index (χ3v) is 4.46. The van der Waals surface area contributed by atoms with E-state index in [2.05, 4.69) is 16.6 Å². The first kappa shape index (κ1) is 15.7. The van der Waals surface area contributed by atoms with Gasteiger partial charge < -0.3 is 5.73 Å². The second-order valence-corrected chi connectivity index (χ2v) is 6.34. The molecule has 0 aliphatic carbocycles. The van der Waals surface area contributed by atoms with Crippen LogP contribution in [-0.4, -0.2) is 21.0 Å². The van der Waals surface area contributed by atoms with Crippen molar-refractivity contribution in [3.63, 3.8) is 0 Å². The predicted molar refractivity (Wildman–Crippen MR) is 77.0 cm³/mol. The number of rotatable bonds is 4. The van der Waals surface area contributed by atoms with Gasteiger partial charge in [-0.25, -0.2) is 13.1 Å². The minimum atomic E-state index is -3.56. The Morgan fingerprint density at radius 2 is 1.89 bits per heavy atom. The lowest BCUT2D eigenvalue weighted by atomic mass is 10.1. The van der Waals surface area contributed by atoms with Crippen LogP contribution in [0.1, 0.15) is 26.3 Å². The van der Waals surface area contributed by atoms with Gasteiger partial charge in [0.15, 0.2) is 0 Å². The Bertz CT molecular complexity index is 583. The zero-order valence-corrected chi connectivity index (χ0v) is 12.3. The zero-order chi connectivity index (χ0) is 14.5. The number of benzene rings is 1. The largest absolute Gasteiger partial charge is 0.320 e. The first-order valence-electron chi connectivity index (χ1n) is 6.18. The molecule has 5 heteroatoms. The van der Waals surface area contributed by atoms with Crippen molar-refractivity contribution in [3.05, 3.63) is 29.8 Å². The molecule has 1 rings (SSSR count). The summed E-state index contributed by atoms with van der Waals surface area (Å²) in [6.07, 6.45) is 0. The van der Waals surface area contributed by atoms with Crippen LogP contribution in [0.2, 0.25) is 0 Å². The Hall–Kier alpha value is -1.35. The van der Waals surface area contributed by atoms with Crippen molar-refractivity contribution in [1.82, 2.24) is 4.72 Å². The second-order valence-electron chi connectivity index (χ2n) is 4.66. The van der Waals surface area contributed by atoms with Crippen molar-refractivity contribution in [1.29, 1.82) is 0 Å². The smallest absolute Gasteiger partial charge is 0.242 e. The quantitative estimate of drug-likeness (QED) is 0.817. The van der Waals surface area contributed by atoms with Crippen LogP contribution in [0.4, 0.5) is 0 Å². The first-order chi connectivity index (χ1) is 8.88. The van der Waals surface area contributed by atoms with Gasteiger partial charge in [0.1, 0.15) is 0 Å². The van der Waals surface area contributed by atoms with Gasteiger partial charge in [0.25, 0.3) is 0 Å². The third-order valence-electron chi connectivity index (χ3n) is 2.84. The van der Waals surface area contributed by atoms with Crippen LogP contribution in [-0.2, 0) is 10.0 Å². The highest BCUT2D eigenvalue weighted by Gasteiger charge is 2.21. The molecule has 0 saturated carbocycles. The molecule has 0 amide bonds. The molecule has 0 heterocycles. The summed E-state index contributed by atoms with van der Waals surface area (Å²) in [5.41, 5.74) is 5.79. The fraction of sp³-hybridized carbons (Fsp3) is 0.429. The summed E-state index contributed by atoms with van der Waals surface area (Å²) in [6.45, 7) is 5.97. The van der Waals surface area contributed by atoms with E-state index in [-0.39, 0.29) is 23.4 Å². The molecular weight excluding hydrogens is 260 g/mol. The molecule has 3 N–H and O–H groups in total. The number of nitrogens with one attached hydrogen (secondary N) is 1. The molecule has 0 aromatic heterocycles. The van der Waals surface area contributed by atoms with Crippen molar-refractivity contribution in [2.75, 3.05) is 6.54 Å². The maximum atomic E-state index is 12.3. The molecule has 0 aliphatic heterocycles. The summed E-state index contributed by atoms with van der Waals surface area (Å²) in [5, 5.41) is 0. The van der Waals surface area contributed by atoms with E-state index < -0.39 is 10.0 Å². The lowest BCUT2D eigenvalue weighted by Crippen LogP contribution is -2.36. The van der Waals surface area contributed by atoms with Crippen LogP contribution < -0.4 is 10.5 Å². The molecule has 1 unspecified atom stereocenters. The molecule has 0 aliphatic rings. The van der Waals surface area contributed by atoms with E-state index in [1.165, 1.54) is 0 Å². The number of hydrogen-bond donors (Lipinski definition) is 2. The van der Waals surface area contributed by atoms with Crippen LogP contribution in [0.5, 0.6) is 0 Å². The van der Waals surface area contributed by atoms with E-state index in [0.29, 0.717) is 5.56 Å². The molecule has 104 valence electrons. The summed E-state index contributed by atoms with van der Waals surface area (Å²) in [4.78, 5) is 0.198. The highest BCUT2D eigenvalue weighted by Crippen LogP contribution is 2.15. The first-order valence-corrected chi connectivity index (χ1v) is 7.67. The average molecular weight is 280 g/mol. The van der Waals surface area contributed by atoms with Crippen molar-refractivity contribution < 1.29 is 8.42 Å². The van der Waals surface area contributed by atoms with Crippen molar-refractivity contribution in [2.24, 2.45) is 11.7 Å². The Balaban J connectivity index is 3.15. The van der Waals surface area contributed by atoms with Gasteiger partial charge >= 0.3 is 0 Å². The normalized spacial score (nSPS) is 12.9. The molecule has 1 aromatic rings. The fourth-order valence-corrected chi connectivity index (χ4v) is 2.95. The summed E-state index contributed by atoms with van der Waals surface area (Å²) in [7, 11) is -3.56. The SMILES string of the molecule is CC(C)C(C)NS(=O)(=O)c1ccccc1C#CCN. The zero-order valence-electron chi connectivity index (χ0n) is 11.5. The van der Waals surface area contributed by atoms with Gasteiger partial charge in [-0.15, -0.1) is 0 Å². The van der Waals surface area contributed by atoms with Crippen LogP contribution >= 0.6 is 0 Å². The van der Waals surface area contributed by atoms with E-state index in [9.17, 15) is 8.42 Å². The molecule has 0 saturated heterocycles. The Kier molecular flexibility index (Phi) is 5.55. The number of nitrogens with two attached hydrogens (primary N) is 1. The van der Waals surface area contributed by atoms with E-state index >= 15 is 0 Å². The minimum absolute atomic E-state index is 0.138. The fourth-order valence-electron chi connectivity index (χ4n) is 1.39. The summed E-state index contributed by atoms with van der Waals surface area (Å²) in [5.74, 6) is 5.69. The van der Waals surface area contributed by atoms with Crippen LogP contribution in [0.15, 0.2) is 29.2 Å². The predicted octanol–water partition coefficient (Wildman–Crippen LogP) is 1.32. The number of sulfonamides is 1. The molecule has 1 atom stereocenters. The van der Waals surface area contributed by atoms with Gasteiger partial charge in [0.05, 0.1) is 11.4 Å². The summed E-state index contributed by atoms with van der Waals surface area (Å²) in [6, 6.07) is 6.53.